The third-order valence-electron chi connectivity index (χ3n) is 13.0. The van der Waals surface area contributed by atoms with Crippen molar-refractivity contribution >= 4 is 17.1 Å². The van der Waals surface area contributed by atoms with E-state index in [0.29, 0.717) is 0 Å². The molecule has 0 spiro atoms. The smallest absolute Gasteiger partial charge is 0.151 e. The van der Waals surface area contributed by atoms with E-state index in [4.69, 9.17) is 4.74 Å². The molecule has 0 N–H and O–H groups in total. The summed E-state index contributed by atoms with van der Waals surface area (Å²) in [6, 6.07) is 74.2. The van der Waals surface area contributed by atoms with Crippen LogP contribution in [0.1, 0.15) is 63.8 Å². The Morgan fingerprint density at radius 3 is 0.939 bits per heavy atom. The van der Waals surface area contributed by atoms with E-state index >= 15 is 0 Å². The molecule has 1 heterocycles. The van der Waals surface area contributed by atoms with Crippen molar-refractivity contribution in [2.24, 2.45) is 0 Å². The maximum atomic E-state index is 6.70. The Morgan fingerprint density at radius 1 is 0.303 bits per heavy atom. The van der Waals surface area contributed by atoms with Crippen LogP contribution in [0, 0.1) is 13.8 Å². The third-order valence-corrected chi connectivity index (χ3v) is 13.0. The van der Waals surface area contributed by atoms with Crippen LogP contribution in [0.3, 0.4) is 0 Å². The molecule has 0 aliphatic carbocycles. The first-order valence-corrected chi connectivity index (χ1v) is 23.2. The average Bonchev–Trinajstić information content (AvgIpc) is 3.33. The van der Waals surface area contributed by atoms with Crippen LogP contribution in [0.5, 0.6) is 11.5 Å². The Labute approximate surface area is 391 Å². The van der Waals surface area contributed by atoms with Crippen molar-refractivity contribution in [1.82, 2.24) is 0 Å². The summed E-state index contributed by atoms with van der Waals surface area (Å²) in [7, 11) is 0. The van der Waals surface area contributed by atoms with Crippen molar-refractivity contribution in [1.29, 1.82) is 0 Å². The van der Waals surface area contributed by atoms with Crippen molar-refractivity contribution in [2.75, 3.05) is 4.90 Å². The molecule has 0 saturated carbocycles. The molecular weight excluding hydrogens is 799 g/mol. The largest absolute Gasteiger partial charge is 0.453 e. The molecule has 66 heavy (non-hydrogen) atoms. The first-order valence-electron chi connectivity index (χ1n) is 23.2. The van der Waals surface area contributed by atoms with Crippen LogP contribution >= 0.6 is 0 Å². The Balaban J connectivity index is 1.23. The van der Waals surface area contributed by atoms with Gasteiger partial charge in [0, 0.05) is 5.69 Å². The third kappa shape index (κ3) is 8.60. The van der Waals surface area contributed by atoms with Gasteiger partial charge in [-0.05, 0) is 193 Å². The topological polar surface area (TPSA) is 12.5 Å². The van der Waals surface area contributed by atoms with E-state index in [1.165, 1.54) is 55.6 Å². The number of rotatable bonds is 7. The summed E-state index contributed by atoms with van der Waals surface area (Å²) in [4.78, 5) is 2.39. The van der Waals surface area contributed by atoms with E-state index in [0.717, 1.165) is 61.9 Å². The minimum Gasteiger partial charge on any atom is -0.453 e. The molecule has 2 heteroatoms. The van der Waals surface area contributed by atoms with Gasteiger partial charge in [0.1, 0.15) is 0 Å². The van der Waals surface area contributed by atoms with Gasteiger partial charge in [0.15, 0.2) is 11.5 Å². The van der Waals surface area contributed by atoms with Gasteiger partial charge in [-0.2, -0.15) is 0 Å². The van der Waals surface area contributed by atoms with Gasteiger partial charge in [-0.15, -0.1) is 0 Å². The van der Waals surface area contributed by atoms with Gasteiger partial charge in [0.25, 0.3) is 0 Å². The van der Waals surface area contributed by atoms with Crippen LogP contribution < -0.4 is 9.64 Å². The highest BCUT2D eigenvalue weighted by Gasteiger charge is 2.27. The first-order chi connectivity index (χ1) is 31.7. The standard InChI is InChI=1S/C64H57NO/c1-42-19-29-59-61(31-42)66-62-32-43(2)20-30-60(62)65(59)58-40-54(52-35-48(44-15-11-9-12-16-44)33-50(37-52)46-21-25-56(26-22-46)63(3,4)5)39-55(41-58)53-36-49(45-17-13-10-14-18-45)34-51(38-53)47-23-27-57(28-24-47)64(6,7)8/h9-41H,1-8H3. The highest BCUT2D eigenvalue weighted by molar-refractivity contribution is 5.93. The number of hydrogen-bond donors (Lipinski definition) is 0. The fourth-order valence-electron chi connectivity index (χ4n) is 9.22. The Hall–Kier alpha value is -7.42. The number of benzene rings is 9. The van der Waals surface area contributed by atoms with Gasteiger partial charge < -0.3 is 9.64 Å². The zero-order valence-electron chi connectivity index (χ0n) is 39.4. The molecule has 0 unspecified atom stereocenters. The quantitative estimate of drug-likeness (QED) is 0.158. The predicted octanol–water partition coefficient (Wildman–Crippen LogP) is 18.5. The number of anilines is 3. The van der Waals surface area contributed by atoms with Crippen molar-refractivity contribution in [2.45, 2.75) is 66.2 Å². The second-order valence-electron chi connectivity index (χ2n) is 20.1. The minimum atomic E-state index is 0.0636. The van der Waals surface area contributed by atoms with E-state index in [1.807, 2.05) is 0 Å². The maximum absolute atomic E-state index is 6.70. The van der Waals surface area contributed by atoms with Crippen LogP contribution in [0.2, 0.25) is 0 Å². The lowest BCUT2D eigenvalue weighted by atomic mass is 9.85. The highest BCUT2D eigenvalue weighted by Crippen LogP contribution is 2.52. The number of aryl methyl sites for hydroxylation is 2. The normalized spacial score (nSPS) is 12.3. The van der Waals surface area contributed by atoms with Gasteiger partial charge >= 0.3 is 0 Å². The second kappa shape index (κ2) is 16.9. The van der Waals surface area contributed by atoms with E-state index in [1.54, 1.807) is 0 Å². The van der Waals surface area contributed by atoms with Crippen LogP contribution in [0.25, 0.3) is 66.8 Å². The van der Waals surface area contributed by atoms with Crippen LogP contribution in [-0.2, 0) is 10.8 Å². The Kier molecular flexibility index (Phi) is 10.9. The molecule has 0 amide bonds. The molecule has 0 saturated heterocycles. The molecule has 2 nitrogen and oxygen atoms in total. The zero-order chi connectivity index (χ0) is 45.7. The summed E-state index contributed by atoms with van der Waals surface area (Å²) in [5.41, 5.74) is 22.2. The Bertz CT molecular complexity index is 3010. The fourth-order valence-corrected chi connectivity index (χ4v) is 9.22. The van der Waals surface area contributed by atoms with E-state index in [9.17, 15) is 0 Å². The first kappa shape index (κ1) is 42.5. The summed E-state index contributed by atoms with van der Waals surface area (Å²) in [6.07, 6.45) is 0. The molecule has 10 rings (SSSR count). The molecule has 1 aliphatic rings. The Morgan fingerprint density at radius 2 is 0.606 bits per heavy atom. The lowest BCUT2D eigenvalue weighted by molar-refractivity contribution is 0.476. The van der Waals surface area contributed by atoms with Gasteiger partial charge in [-0.3, -0.25) is 0 Å². The van der Waals surface area contributed by atoms with E-state index < -0.39 is 0 Å². The highest BCUT2D eigenvalue weighted by atomic mass is 16.5. The molecule has 0 aromatic heterocycles. The molecule has 0 atom stereocenters. The number of ether oxygens (including phenoxy) is 1. The summed E-state index contributed by atoms with van der Waals surface area (Å²) in [5.74, 6) is 1.69. The molecular formula is C64H57NO. The lowest BCUT2D eigenvalue weighted by Crippen LogP contribution is -2.16. The average molecular weight is 856 g/mol. The molecule has 0 fully saturated rings. The van der Waals surface area contributed by atoms with E-state index in [-0.39, 0.29) is 10.8 Å². The number of fused-ring (bicyclic) bond motifs is 2. The van der Waals surface area contributed by atoms with Crippen LogP contribution in [0.4, 0.5) is 17.1 Å². The van der Waals surface area contributed by atoms with Crippen LogP contribution in [0.15, 0.2) is 200 Å². The van der Waals surface area contributed by atoms with Crippen molar-refractivity contribution in [3.8, 4) is 78.3 Å². The van der Waals surface area contributed by atoms with Crippen LogP contribution in [-0.4, -0.2) is 0 Å². The summed E-state index contributed by atoms with van der Waals surface area (Å²) in [6.45, 7) is 17.9. The molecule has 9 aromatic rings. The predicted molar refractivity (Wildman–Crippen MR) is 281 cm³/mol. The molecule has 1 aliphatic heterocycles. The monoisotopic (exact) mass is 855 g/mol. The summed E-state index contributed by atoms with van der Waals surface area (Å²) < 4.78 is 6.70. The van der Waals surface area contributed by atoms with Crippen molar-refractivity contribution in [3.63, 3.8) is 0 Å². The molecule has 0 radical (unpaired) electrons. The minimum absolute atomic E-state index is 0.0636. The number of nitrogens with zero attached hydrogens (tertiary/aromatic N) is 1. The second-order valence-corrected chi connectivity index (χ2v) is 20.1. The SMILES string of the molecule is Cc1ccc2c(c1)Oc1cc(C)ccc1N2c1cc(-c2cc(-c3ccccc3)cc(-c3ccc(C(C)(C)C)cc3)c2)cc(-c2cc(-c3ccccc3)cc(-c3ccc(C(C)(C)C)cc3)c2)c1. The van der Waals surface area contributed by atoms with Crippen molar-refractivity contribution in [3.05, 3.63) is 222 Å². The summed E-state index contributed by atoms with van der Waals surface area (Å²) >= 11 is 0. The van der Waals surface area contributed by atoms with Gasteiger partial charge in [-0.25, -0.2) is 0 Å². The van der Waals surface area contributed by atoms with Gasteiger partial charge in [0.2, 0.25) is 0 Å². The summed E-state index contributed by atoms with van der Waals surface area (Å²) in [5, 5.41) is 0. The molecule has 9 aromatic carbocycles. The molecule has 0 bridgehead atoms. The van der Waals surface area contributed by atoms with Gasteiger partial charge in [-0.1, -0.05) is 163 Å². The number of hydrogen-bond acceptors (Lipinski definition) is 2. The van der Waals surface area contributed by atoms with E-state index in [2.05, 4.69) is 260 Å². The molecule has 324 valence electrons. The lowest BCUT2D eigenvalue weighted by Gasteiger charge is -2.34. The fraction of sp³-hybridized carbons (Fsp3) is 0.156. The van der Waals surface area contributed by atoms with Crippen molar-refractivity contribution < 1.29 is 4.74 Å². The maximum Gasteiger partial charge on any atom is 0.151 e. The zero-order valence-corrected chi connectivity index (χ0v) is 39.4. The van der Waals surface area contributed by atoms with Gasteiger partial charge in [0.05, 0.1) is 11.4 Å².